The highest BCUT2D eigenvalue weighted by Gasteiger charge is 2.16. The number of nitrogens with zero attached hydrogens (tertiary/aromatic N) is 2. The summed E-state index contributed by atoms with van der Waals surface area (Å²) in [6, 6.07) is 6.47. The Morgan fingerprint density at radius 1 is 1.13 bits per heavy atom. The number of rotatable bonds is 8. The molecule has 0 bridgehead atoms. The zero-order chi connectivity index (χ0) is 22.7. The second kappa shape index (κ2) is 13.1. The number of aryl methyl sites for hydroxylation is 2. The van der Waals surface area contributed by atoms with Crippen molar-refractivity contribution in [1.29, 1.82) is 0 Å². The molecule has 1 heterocycles. The zero-order valence-corrected chi connectivity index (χ0v) is 20.4. The lowest BCUT2D eigenvalue weighted by atomic mass is 10.2. The Labute approximate surface area is 186 Å². The molecule has 0 radical (unpaired) electrons. The zero-order valence-electron chi connectivity index (χ0n) is 19.6. The van der Waals surface area contributed by atoms with Crippen LogP contribution in [0, 0.1) is 13.8 Å². The van der Waals surface area contributed by atoms with Crippen molar-refractivity contribution in [2.75, 3.05) is 6.54 Å². The summed E-state index contributed by atoms with van der Waals surface area (Å²) in [6.07, 6.45) is 9.10. The summed E-state index contributed by atoms with van der Waals surface area (Å²) in [5.74, 6) is 0. The van der Waals surface area contributed by atoms with Crippen molar-refractivity contribution in [3.8, 4) is 0 Å². The van der Waals surface area contributed by atoms with E-state index in [-0.39, 0.29) is 5.69 Å². The van der Waals surface area contributed by atoms with Crippen LogP contribution in [-0.2, 0) is 20.6 Å². The molecule has 0 saturated heterocycles. The highest BCUT2D eigenvalue weighted by atomic mass is 32.2. The molecule has 2 aromatic rings. The highest BCUT2D eigenvalue weighted by molar-refractivity contribution is 7.99. The van der Waals surface area contributed by atoms with Crippen LogP contribution >= 0.6 is 11.8 Å². The maximum atomic E-state index is 12.5. The van der Waals surface area contributed by atoms with E-state index < -0.39 is 0 Å². The minimum atomic E-state index is -0.00557. The summed E-state index contributed by atoms with van der Waals surface area (Å²) >= 11 is 1.64. The van der Waals surface area contributed by atoms with Gasteiger partial charge in [-0.2, -0.15) is 0 Å². The van der Waals surface area contributed by atoms with Crippen molar-refractivity contribution in [3.63, 3.8) is 0 Å². The van der Waals surface area contributed by atoms with Crippen molar-refractivity contribution in [2.45, 2.75) is 57.5 Å². The molecule has 0 aliphatic rings. The predicted octanol–water partition coefficient (Wildman–Crippen LogP) is 5.69. The average Bonchev–Trinajstić information content (AvgIpc) is 2.86. The van der Waals surface area contributed by atoms with Crippen molar-refractivity contribution >= 4 is 11.8 Å². The highest BCUT2D eigenvalue weighted by Crippen LogP contribution is 2.31. The molecule has 4 nitrogen and oxygen atoms in total. The summed E-state index contributed by atoms with van der Waals surface area (Å²) in [7, 11) is 3.66. The maximum absolute atomic E-state index is 12.5. The Kier molecular flexibility index (Phi) is 11.3. The number of imidazole rings is 1. The fourth-order valence-corrected chi connectivity index (χ4v) is 4.31. The van der Waals surface area contributed by atoms with Crippen LogP contribution in [0.25, 0.3) is 0 Å². The van der Waals surface area contributed by atoms with E-state index in [1.165, 1.54) is 17.5 Å². The minimum absolute atomic E-state index is 0.00557. The van der Waals surface area contributed by atoms with Gasteiger partial charge in [0, 0.05) is 32.1 Å². The van der Waals surface area contributed by atoms with E-state index in [0.717, 1.165) is 21.2 Å². The molecule has 2 rings (SSSR count). The van der Waals surface area contributed by atoms with Gasteiger partial charge in [0.2, 0.25) is 0 Å². The molecule has 164 valence electrons. The maximum Gasteiger partial charge on any atom is 0.328 e. The molecule has 0 aliphatic carbocycles. The van der Waals surface area contributed by atoms with Crippen LogP contribution in [0.3, 0.4) is 0 Å². The third kappa shape index (κ3) is 7.54. The van der Waals surface area contributed by atoms with Crippen LogP contribution in [-0.4, -0.2) is 15.7 Å². The van der Waals surface area contributed by atoms with E-state index in [1.54, 1.807) is 27.0 Å². The van der Waals surface area contributed by atoms with E-state index in [1.807, 2.05) is 33.2 Å². The molecule has 30 heavy (non-hydrogen) atoms. The summed E-state index contributed by atoms with van der Waals surface area (Å²) < 4.78 is 3.45. The lowest BCUT2D eigenvalue weighted by Crippen LogP contribution is -2.23. The average molecular weight is 428 g/mol. The van der Waals surface area contributed by atoms with Gasteiger partial charge in [-0.1, -0.05) is 69.0 Å². The topological polar surface area (TPSA) is 39.0 Å². The van der Waals surface area contributed by atoms with Gasteiger partial charge in [0.05, 0.1) is 5.69 Å². The summed E-state index contributed by atoms with van der Waals surface area (Å²) in [4.78, 5) is 13.6. The molecule has 0 fully saturated rings. The van der Waals surface area contributed by atoms with Crippen molar-refractivity contribution < 1.29 is 0 Å². The lowest BCUT2D eigenvalue weighted by Gasteiger charge is -2.10. The van der Waals surface area contributed by atoms with E-state index in [9.17, 15) is 4.79 Å². The van der Waals surface area contributed by atoms with Gasteiger partial charge in [0.15, 0.2) is 0 Å². The van der Waals surface area contributed by atoms with Gasteiger partial charge in [-0.25, -0.2) is 4.79 Å². The van der Waals surface area contributed by atoms with Gasteiger partial charge in [0.1, 0.15) is 5.03 Å². The first-order valence-corrected chi connectivity index (χ1v) is 11.3. The number of nitrogens with one attached hydrogen (secondary N) is 1. The Balaban J connectivity index is 0.00000141. The third-order valence-electron chi connectivity index (χ3n) is 4.27. The van der Waals surface area contributed by atoms with E-state index >= 15 is 0 Å². The van der Waals surface area contributed by atoms with Gasteiger partial charge < -0.3 is 5.32 Å². The normalized spacial score (nSPS) is 11.5. The molecule has 0 aliphatic heterocycles. The van der Waals surface area contributed by atoms with Crippen LogP contribution in [0.15, 0.2) is 69.4 Å². The smallest absolute Gasteiger partial charge is 0.307 e. The van der Waals surface area contributed by atoms with Crippen molar-refractivity contribution in [3.05, 3.63) is 82.0 Å². The number of benzene rings is 1. The Morgan fingerprint density at radius 2 is 1.73 bits per heavy atom. The minimum Gasteiger partial charge on any atom is -0.307 e. The second-order valence-electron chi connectivity index (χ2n) is 7.37. The van der Waals surface area contributed by atoms with Crippen LogP contribution in [0.4, 0.5) is 0 Å². The molecule has 1 N–H and O–H groups in total. The van der Waals surface area contributed by atoms with Crippen LogP contribution in [0.1, 0.15) is 44.0 Å². The number of hydrogen-bond acceptors (Lipinski definition) is 3. The fourth-order valence-electron chi connectivity index (χ4n) is 3.05. The molecule has 0 unspecified atom stereocenters. The first-order chi connectivity index (χ1) is 14.3. The Hall–Kier alpha value is -2.24. The Bertz CT molecular complexity index is 928. The van der Waals surface area contributed by atoms with Crippen molar-refractivity contribution in [1.82, 2.24) is 14.5 Å². The largest absolute Gasteiger partial charge is 0.328 e. The van der Waals surface area contributed by atoms with Gasteiger partial charge in [0.25, 0.3) is 0 Å². The molecule has 1 aromatic heterocycles. The van der Waals surface area contributed by atoms with Crippen LogP contribution in [0.2, 0.25) is 0 Å². The molecule has 5 heteroatoms. The molecular weight excluding hydrogens is 390 g/mol. The SMILES string of the molecule is C=C/C=C(\C=C/C)CNCc1c(Sc2cc(C)cc(C)c2)n(C)c(=O)n1C.CCC. The molecule has 0 spiro atoms. The van der Waals surface area contributed by atoms with E-state index in [4.69, 9.17) is 0 Å². The van der Waals surface area contributed by atoms with Crippen molar-refractivity contribution in [2.24, 2.45) is 14.1 Å². The Morgan fingerprint density at radius 3 is 2.27 bits per heavy atom. The molecule has 0 atom stereocenters. The van der Waals surface area contributed by atoms with Gasteiger partial charge >= 0.3 is 5.69 Å². The lowest BCUT2D eigenvalue weighted by molar-refractivity contribution is 0.675. The van der Waals surface area contributed by atoms with Gasteiger partial charge in [-0.15, -0.1) is 0 Å². The van der Waals surface area contributed by atoms with E-state index in [0.29, 0.717) is 13.1 Å². The molecular formula is C25H37N3OS. The van der Waals surface area contributed by atoms with Gasteiger partial charge in [-0.05, 0) is 49.6 Å². The van der Waals surface area contributed by atoms with Gasteiger partial charge in [-0.3, -0.25) is 9.13 Å². The second-order valence-corrected chi connectivity index (χ2v) is 8.43. The third-order valence-corrected chi connectivity index (χ3v) is 5.45. The standard InChI is InChI=1S/C22H29N3OS.C3H8/c1-7-9-18(10-8-2)14-23-15-20-21(25(6)22(26)24(20)5)27-19-12-16(3)11-17(4)13-19;1-3-2/h7-13,23H,1,14-15H2,2-6H3;3H2,1-2H3/b10-8-,18-9+;. The predicted molar refractivity (Wildman–Crippen MR) is 131 cm³/mol. The fraction of sp³-hybridized carbons (Fsp3) is 0.400. The first-order valence-electron chi connectivity index (χ1n) is 10.4. The number of hydrogen-bond donors (Lipinski definition) is 1. The van der Waals surface area contributed by atoms with Crippen LogP contribution in [0.5, 0.6) is 0 Å². The molecule has 0 amide bonds. The molecule has 1 aromatic carbocycles. The monoisotopic (exact) mass is 427 g/mol. The first kappa shape index (κ1) is 25.8. The summed E-state index contributed by atoms with van der Waals surface area (Å²) in [5, 5.41) is 4.42. The number of aromatic nitrogens is 2. The summed E-state index contributed by atoms with van der Waals surface area (Å²) in [6.45, 7) is 15.5. The van der Waals surface area contributed by atoms with Crippen LogP contribution < -0.4 is 11.0 Å². The quantitative estimate of drug-likeness (QED) is 0.550. The molecule has 0 saturated carbocycles. The summed E-state index contributed by atoms with van der Waals surface area (Å²) in [5.41, 5.74) is 4.59. The van der Waals surface area contributed by atoms with E-state index in [2.05, 4.69) is 63.9 Å². The number of allylic oxidation sites excluding steroid dienone is 3.